The first kappa shape index (κ1) is 12.1. The van der Waals surface area contributed by atoms with Gasteiger partial charge in [0.25, 0.3) is 0 Å². The van der Waals surface area contributed by atoms with E-state index in [-0.39, 0.29) is 0 Å². The van der Waals surface area contributed by atoms with Gasteiger partial charge < -0.3 is 5.32 Å². The highest BCUT2D eigenvalue weighted by Gasteiger charge is 2.08. The molecule has 0 aromatic carbocycles. The van der Waals surface area contributed by atoms with Crippen LogP contribution in [-0.4, -0.2) is 36.6 Å². The van der Waals surface area contributed by atoms with Gasteiger partial charge in [-0.1, -0.05) is 0 Å². The van der Waals surface area contributed by atoms with Gasteiger partial charge in [0, 0.05) is 25.0 Å². The third-order valence-corrected chi connectivity index (χ3v) is 2.75. The first-order valence-electron chi connectivity index (χ1n) is 5.47. The van der Waals surface area contributed by atoms with Crippen molar-refractivity contribution in [2.45, 2.75) is 25.9 Å². The van der Waals surface area contributed by atoms with Crippen LogP contribution < -0.4 is 5.32 Å². The number of nitrogens with one attached hydrogen (secondary N) is 1. The van der Waals surface area contributed by atoms with Gasteiger partial charge in [0.15, 0.2) is 0 Å². The third-order valence-electron chi connectivity index (χ3n) is 2.75. The van der Waals surface area contributed by atoms with Gasteiger partial charge in [-0.3, -0.25) is 9.88 Å². The van der Waals surface area contributed by atoms with Crippen LogP contribution in [0.2, 0.25) is 0 Å². The van der Waals surface area contributed by atoms with Crippen LogP contribution in [0.3, 0.4) is 0 Å². The van der Waals surface area contributed by atoms with E-state index < -0.39 is 0 Å². The molecule has 1 heterocycles. The zero-order valence-electron chi connectivity index (χ0n) is 9.90. The Hall–Kier alpha value is -0.930. The lowest BCUT2D eigenvalue weighted by molar-refractivity contribution is 0.237. The van der Waals surface area contributed by atoms with E-state index >= 15 is 0 Å². The topological polar surface area (TPSA) is 28.2 Å². The van der Waals surface area contributed by atoms with Gasteiger partial charge in [-0.15, -0.1) is 0 Å². The van der Waals surface area contributed by atoms with E-state index in [1.165, 1.54) is 12.0 Å². The minimum absolute atomic E-state index is 0.602. The molecule has 1 atom stereocenters. The zero-order chi connectivity index (χ0) is 11.1. The Morgan fingerprint density at radius 2 is 2.07 bits per heavy atom. The fourth-order valence-electron chi connectivity index (χ4n) is 1.51. The van der Waals surface area contributed by atoms with E-state index in [0.717, 1.165) is 13.1 Å². The molecule has 1 rings (SSSR count). The number of pyridine rings is 1. The Bertz CT molecular complexity index is 261. The summed E-state index contributed by atoms with van der Waals surface area (Å²) in [7, 11) is 4.16. The molecule has 0 radical (unpaired) electrons. The van der Waals surface area contributed by atoms with Gasteiger partial charge in [0.1, 0.15) is 0 Å². The largest absolute Gasteiger partial charge is 0.320 e. The normalized spacial score (nSPS) is 13.1. The number of aromatic nitrogens is 1. The van der Waals surface area contributed by atoms with Crippen LogP contribution in [0.1, 0.15) is 18.9 Å². The highest BCUT2D eigenvalue weighted by molar-refractivity contribution is 5.09. The number of nitrogens with zero attached hydrogens (tertiary/aromatic N) is 2. The Kier molecular flexibility index (Phi) is 5.29. The monoisotopic (exact) mass is 207 g/mol. The van der Waals surface area contributed by atoms with Gasteiger partial charge in [0.05, 0.1) is 0 Å². The Balaban J connectivity index is 2.38. The molecule has 0 aliphatic rings. The smallest absolute Gasteiger partial charge is 0.0271 e. The van der Waals surface area contributed by atoms with E-state index in [2.05, 4.69) is 41.3 Å². The second-order valence-electron chi connectivity index (χ2n) is 4.01. The third kappa shape index (κ3) is 4.40. The lowest BCUT2D eigenvalue weighted by Gasteiger charge is -2.24. The van der Waals surface area contributed by atoms with E-state index in [9.17, 15) is 0 Å². The minimum atomic E-state index is 0.602. The van der Waals surface area contributed by atoms with Crippen LogP contribution in [0.25, 0.3) is 0 Å². The van der Waals surface area contributed by atoms with E-state index in [1.807, 2.05) is 19.4 Å². The molecule has 0 aliphatic carbocycles. The van der Waals surface area contributed by atoms with E-state index in [4.69, 9.17) is 0 Å². The summed E-state index contributed by atoms with van der Waals surface area (Å²) in [5, 5.41) is 3.18. The van der Waals surface area contributed by atoms with Gasteiger partial charge in [-0.05, 0) is 51.7 Å². The van der Waals surface area contributed by atoms with Gasteiger partial charge in [-0.2, -0.15) is 0 Å². The summed E-state index contributed by atoms with van der Waals surface area (Å²) in [5.41, 5.74) is 1.32. The average molecular weight is 207 g/mol. The molecular formula is C12H21N3. The Morgan fingerprint density at radius 1 is 1.40 bits per heavy atom. The van der Waals surface area contributed by atoms with Gasteiger partial charge >= 0.3 is 0 Å². The average Bonchev–Trinajstić information content (AvgIpc) is 2.27. The molecule has 0 saturated carbocycles. The molecule has 0 bridgehead atoms. The summed E-state index contributed by atoms with van der Waals surface area (Å²) >= 11 is 0. The maximum absolute atomic E-state index is 4.02. The highest BCUT2D eigenvalue weighted by Crippen LogP contribution is 2.06. The second kappa shape index (κ2) is 6.53. The standard InChI is InChI=1S/C12H21N3/c1-11(4-7-13-2)15(3)10-12-5-8-14-9-6-12/h5-6,8-9,11,13H,4,7,10H2,1-3H3. The SMILES string of the molecule is CNCCC(C)N(C)Cc1ccncc1. The Morgan fingerprint density at radius 3 is 2.67 bits per heavy atom. The number of hydrogen-bond acceptors (Lipinski definition) is 3. The Labute approximate surface area is 92.5 Å². The molecule has 0 saturated heterocycles. The molecule has 0 amide bonds. The molecule has 1 unspecified atom stereocenters. The van der Waals surface area contributed by atoms with E-state index in [1.54, 1.807) is 0 Å². The summed E-state index contributed by atoms with van der Waals surface area (Å²) in [4.78, 5) is 6.39. The molecular weight excluding hydrogens is 186 g/mol. The summed E-state index contributed by atoms with van der Waals surface area (Å²) in [6, 6.07) is 4.74. The number of hydrogen-bond donors (Lipinski definition) is 1. The van der Waals surface area contributed by atoms with Crippen molar-refractivity contribution in [2.75, 3.05) is 20.6 Å². The molecule has 1 aromatic rings. The predicted octanol–water partition coefficient (Wildman–Crippen LogP) is 1.51. The minimum Gasteiger partial charge on any atom is -0.320 e. The van der Waals surface area contributed by atoms with E-state index in [0.29, 0.717) is 6.04 Å². The molecule has 1 aromatic heterocycles. The van der Waals surface area contributed by atoms with Crippen LogP contribution in [0.15, 0.2) is 24.5 Å². The molecule has 15 heavy (non-hydrogen) atoms. The molecule has 3 heteroatoms. The first-order chi connectivity index (χ1) is 7.24. The highest BCUT2D eigenvalue weighted by atomic mass is 15.1. The van der Waals surface area contributed by atoms with Crippen molar-refractivity contribution in [1.82, 2.24) is 15.2 Å². The van der Waals surface area contributed by atoms with Gasteiger partial charge in [0.2, 0.25) is 0 Å². The fraction of sp³-hybridized carbons (Fsp3) is 0.583. The van der Waals surface area contributed by atoms with Crippen LogP contribution >= 0.6 is 0 Å². The van der Waals surface area contributed by atoms with Gasteiger partial charge in [-0.25, -0.2) is 0 Å². The lowest BCUT2D eigenvalue weighted by Crippen LogP contribution is -2.31. The van der Waals surface area contributed by atoms with Crippen LogP contribution in [-0.2, 0) is 6.54 Å². The number of rotatable bonds is 6. The molecule has 84 valence electrons. The first-order valence-corrected chi connectivity index (χ1v) is 5.47. The summed E-state index contributed by atoms with van der Waals surface area (Å²) in [6.07, 6.45) is 4.88. The summed E-state index contributed by atoms with van der Waals surface area (Å²) < 4.78 is 0. The maximum Gasteiger partial charge on any atom is 0.0271 e. The molecule has 0 fully saturated rings. The van der Waals surface area contributed by atoms with Crippen molar-refractivity contribution in [3.8, 4) is 0 Å². The van der Waals surface area contributed by atoms with Crippen molar-refractivity contribution < 1.29 is 0 Å². The molecule has 3 nitrogen and oxygen atoms in total. The molecule has 0 aliphatic heterocycles. The maximum atomic E-state index is 4.02. The summed E-state index contributed by atoms with van der Waals surface area (Å²) in [6.45, 7) is 4.33. The zero-order valence-corrected chi connectivity index (χ0v) is 9.90. The van der Waals surface area contributed by atoms with Crippen molar-refractivity contribution in [1.29, 1.82) is 0 Å². The van der Waals surface area contributed by atoms with Crippen molar-refractivity contribution in [3.05, 3.63) is 30.1 Å². The predicted molar refractivity (Wildman–Crippen MR) is 63.7 cm³/mol. The lowest BCUT2D eigenvalue weighted by atomic mass is 10.2. The second-order valence-corrected chi connectivity index (χ2v) is 4.01. The fourth-order valence-corrected chi connectivity index (χ4v) is 1.51. The van der Waals surface area contributed by atoms with Crippen LogP contribution in [0, 0.1) is 0 Å². The molecule has 0 spiro atoms. The van der Waals surface area contributed by atoms with Crippen LogP contribution in [0.5, 0.6) is 0 Å². The molecule has 1 N–H and O–H groups in total. The van der Waals surface area contributed by atoms with Crippen molar-refractivity contribution >= 4 is 0 Å². The van der Waals surface area contributed by atoms with Crippen molar-refractivity contribution in [3.63, 3.8) is 0 Å². The van der Waals surface area contributed by atoms with Crippen LogP contribution in [0.4, 0.5) is 0 Å². The summed E-state index contributed by atoms with van der Waals surface area (Å²) in [5.74, 6) is 0. The van der Waals surface area contributed by atoms with Crippen molar-refractivity contribution in [2.24, 2.45) is 0 Å². The quantitative estimate of drug-likeness (QED) is 0.766.